The number of H-pyrrole nitrogens is 1. The molecule has 1 aromatic carbocycles. The SMILES string of the molecule is O=C(c1cnc2c(c1)c(=O)[nH]c(=O)n2C1CC1)N1CCCC1c1ccc(F)cc1. The number of nitrogens with zero attached hydrogens (tertiary/aromatic N) is 3. The standard InChI is InChI=1S/C21H19FN4O3/c22-14-5-3-12(4-6-14)17-2-1-9-25(17)20(28)13-10-16-18(23-11-13)26(15-7-8-15)21(29)24-19(16)27/h3-6,10-11,15,17H,1-2,7-9H2,(H,24,27,29). The van der Waals surface area contributed by atoms with Crippen LogP contribution in [0.15, 0.2) is 46.1 Å². The van der Waals surface area contributed by atoms with Crippen molar-refractivity contribution in [2.45, 2.75) is 37.8 Å². The summed E-state index contributed by atoms with van der Waals surface area (Å²) in [5, 5.41) is 0.236. The second kappa shape index (κ2) is 6.65. The van der Waals surface area contributed by atoms with Crippen molar-refractivity contribution in [3.8, 4) is 0 Å². The van der Waals surface area contributed by atoms with Crippen LogP contribution in [0, 0.1) is 5.82 Å². The van der Waals surface area contributed by atoms with E-state index in [2.05, 4.69) is 9.97 Å². The third kappa shape index (κ3) is 3.04. The fraction of sp³-hybridized carbons (Fsp3) is 0.333. The number of aromatic nitrogens is 3. The summed E-state index contributed by atoms with van der Waals surface area (Å²) in [5.74, 6) is -0.543. The van der Waals surface area contributed by atoms with Crippen LogP contribution in [-0.2, 0) is 0 Å². The van der Waals surface area contributed by atoms with Crippen LogP contribution in [0.4, 0.5) is 4.39 Å². The number of rotatable bonds is 3. The molecule has 2 aromatic heterocycles. The Morgan fingerprint density at radius 3 is 2.62 bits per heavy atom. The van der Waals surface area contributed by atoms with Crippen molar-refractivity contribution < 1.29 is 9.18 Å². The van der Waals surface area contributed by atoms with Gasteiger partial charge in [-0.15, -0.1) is 0 Å². The summed E-state index contributed by atoms with van der Waals surface area (Å²) in [6, 6.07) is 7.61. The van der Waals surface area contributed by atoms with Gasteiger partial charge in [0, 0.05) is 18.8 Å². The van der Waals surface area contributed by atoms with Gasteiger partial charge in [0.2, 0.25) is 0 Å². The Morgan fingerprint density at radius 2 is 1.90 bits per heavy atom. The normalized spacial score (nSPS) is 19.1. The lowest BCUT2D eigenvalue weighted by molar-refractivity contribution is 0.0735. The number of likely N-dealkylation sites (tertiary alicyclic amines) is 1. The first-order chi connectivity index (χ1) is 14.0. The Hall–Kier alpha value is -3.29. The van der Waals surface area contributed by atoms with Crippen LogP contribution in [0.3, 0.4) is 0 Å². The Bertz CT molecular complexity index is 1230. The number of benzene rings is 1. The van der Waals surface area contributed by atoms with E-state index in [1.54, 1.807) is 17.0 Å². The highest BCUT2D eigenvalue weighted by Crippen LogP contribution is 2.35. The molecule has 2 aliphatic rings. The molecule has 148 valence electrons. The fourth-order valence-electron chi connectivity index (χ4n) is 4.13. The van der Waals surface area contributed by atoms with Gasteiger partial charge in [0.1, 0.15) is 11.5 Å². The highest BCUT2D eigenvalue weighted by Gasteiger charge is 2.32. The molecule has 0 spiro atoms. The molecule has 3 heterocycles. The summed E-state index contributed by atoms with van der Waals surface area (Å²) >= 11 is 0. The van der Waals surface area contributed by atoms with Crippen molar-refractivity contribution in [3.05, 3.63) is 74.3 Å². The van der Waals surface area contributed by atoms with Gasteiger partial charge in [-0.3, -0.25) is 19.1 Å². The van der Waals surface area contributed by atoms with Gasteiger partial charge in [-0.25, -0.2) is 14.2 Å². The van der Waals surface area contributed by atoms with Crippen molar-refractivity contribution in [2.75, 3.05) is 6.54 Å². The van der Waals surface area contributed by atoms with E-state index in [0.29, 0.717) is 17.8 Å². The predicted octanol–water partition coefficient (Wildman–Crippen LogP) is 2.54. The smallest absolute Gasteiger partial charge is 0.330 e. The number of pyridine rings is 1. The molecule has 1 unspecified atom stereocenters. The predicted molar refractivity (Wildman–Crippen MR) is 104 cm³/mol. The zero-order valence-electron chi connectivity index (χ0n) is 15.6. The van der Waals surface area contributed by atoms with Crippen molar-refractivity contribution in [1.29, 1.82) is 0 Å². The molecule has 1 amide bonds. The Balaban J connectivity index is 1.53. The van der Waals surface area contributed by atoms with Gasteiger partial charge in [-0.1, -0.05) is 12.1 Å². The quantitative estimate of drug-likeness (QED) is 0.739. The van der Waals surface area contributed by atoms with Gasteiger partial charge >= 0.3 is 5.69 Å². The summed E-state index contributed by atoms with van der Waals surface area (Å²) in [7, 11) is 0. The topological polar surface area (TPSA) is 88.1 Å². The van der Waals surface area contributed by atoms with E-state index in [9.17, 15) is 18.8 Å². The molecule has 7 nitrogen and oxygen atoms in total. The average Bonchev–Trinajstić information content (AvgIpc) is 3.43. The lowest BCUT2D eigenvalue weighted by Gasteiger charge is -2.25. The van der Waals surface area contributed by atoms with E-state index in [1.165, 1.54) is 29.0 Å². The van der Waals surface area contributed by atoms with Crippen LogP contribution < -0.4 is 11.2 Å². The van der Waals surface area contributed by atoms with Crippen molar-refractivity contribution in [2.24, 2.45) is 0 Å². The van der Waals surface area contributed by atoms with Gasteiger partial charge in [-0.2, -0.15) is 0 Å². The number of nitrogens with one attached hydrogen (secondary N) is 1. The van der Waals surface area contributed by atoms with Gasteiger partial charge in [0.05, 0.1) is 17.0 Å². The highest BCUT2D eigenvalue weighted by atomic mass is 19.1. The largest absolute Gasteiger partial charge is 0.332 e. The zero-order valence-corrected chi connectivity index (χ0v) is 15.6. The van der Waals surface area contributed by atoms with Crippen molar-refractivity contribution in [3.63, 3.8) is 0 Å². The lowest BCUT2D eigenvalue weighted by atomic mass is 10.0. The summed E-state index contributed by atoms with van der Waals surface area (Å²) in [4.78, 5) is 46.1. The maximum Gasteiger partial charge on any atom is 0.330 e. The van der Waals surface area contributed by atoms with Crippen LogP contribution in [0.5, 0.6) is 0 Å². The van der Waals surface area contributed by atoms with E-state index in [1.807, 2.05) is 0 Å². The van der Waals surface area contributed by atoms with Crippen molar-refractivity contribution in [1.82, 2.24) is 19.4 Å². The Morgan fingerprint density at radius 1 is 1.14 bits per heavy atom. The maximum atomic E-state index is 13.3. The molecule has 1 atom stereocenters. The van der Waals surface area contributed by atoms with Crippen LogP contribution >= 0.6 is 0 Å². The summed E-state index contributed by atoms with van der Waals surface area (Å²) in [6.45, 7) is 0.580. The minimum Gasteiger partial charge on any atom is -0.332 e. The molecular formula is C21H19FN4O3. The first-order valence-corrected chi connectivity index (χ1v) is 9.74. The first-order valence-electron chi connectivity index (χ1n) is 9.74. The molecular weight excluding hydrogens is 375 g/mol. The van der Waals surface area contributed by atoms with Crippen LogP contribution in [0.25, 0.3) is 11.0 Å². The number of aromatic amines is 1. The minimum atomic E-state index is -0.541. The molecule has 1 saturated carbocycles. The van der Waals surface area contributed by atoms with Gasteiger partial charge < -0.3 is 4.90 Å². The van der Waals surface area contributed by atoms with E-state index in [4.69, 9.17) is 0 Å². The number of halogens is 1. The third-order valence-corrected chi connectivity index (χ3v) is 5.71. The van der Waals surface area contributed by atoms with E-state index >= 15 is 0 Å². The summed E-state index contributed by atoms with van der Waals surface area (Å²) in [5.41, 5.74) is 0.492. The number of fused-ring (bicyclic) bond motifs is 1. The minimum absolute atomic E-state index is 0.0531. The van der Waals surface area contributed by atoms with Gasteiger partial charge in [0.15, 0.2) is 0 Å². The number of amides is 1. The van der Waals surface area contributed by atoms with Crippen LogP contribution in [0.2, 0.25) is 0 Å². The molecule has 0 radical (unpaired) electrons. The zero-order chi connectivity index (χ0) is 20.1. The summed E-state index contributed by atoms with van der Waals surface area (Å²) in [6.07, 6.45) is 4.81. The molecule has 5 rings (SSSR count). The molecule has 0 bridgehead atoms. The summed E-state index contributed by atoms with van der Waals surface area (Å²) < 4.78 is 14.8. The molecule has 1 aliphatic carbocycles. The second-order valence-electron chi connectivity index (χ2n) is 7.66. The van der Waals surface area contributed by atoms with E-state index in [0.717, 1.165) is 31.2 Å². The highest BCUT2D eigenvalue weighted by molar-refractivity contribution is 5.97. The Labute approximate surface area is 164 Å². The van der Waals surface area contributed by atoms with E-state index in [-0.39, 0.29) is 29.2 Å². The van der Waals surface area contributed by atoms with Gasteiger partial charge in [-0.05, 0) is 49.4 Å². The average molecular weight is 394 g/mol. The monoisotopic (exact) mass is 394 g/mol. The lowest BCUT2D eigenvalue weighted by Crippen LogP contribution is -2.32. The van der Waals surface area contributed by atoms with Crippen molar-refractivity contribution >= 4 is 16.9 Å². The van der Waals surface area contributed by atoms with E-state index < -0.39 is 11.2 Å². The molecule has 1 aliphatic heterocycles. The molecule has 29 heavy (non-hydrogen) atoms. The molecule has 1 N–H and O–H groups in total. The third-order valence-electron chi connectivity index (χ3n) is 5.71. The van der Waals surface area contributed by atoms with Gasteiger partial charge in [0.25, 0.3) is 11.5 Å². The fourth-order valence-corrected chi connectivity index (χ4v) is 4.13. The van der Waals surface area contributed by atoms with Crippen LogP contribution in [-0.4, -0.2) is 31.9 Å². The first kappa shape index (κ1) is 17.8. The number of hydrogen-bond donors (Lipinski definition) is 1. The maximum absolute atomic E-state index is 13.3. The Kier molecular flexibility index (Phi) is 4.08. The number of hydrogen-bond acceptors (Lipinski definition) is 4. The number of carbonyl (C=O) groups excluding carboxylic acids is 1. The molecule has 2 fully saturated rings. The molecule has 3 aromatic rings. The number of carbonyl (C=O) groups is 1. The second-order valence-corrected chi connectivity index (χ2v) is 7.66. The van der Waals surface area contributed by atoms with Crippen LogP contribution in [0.1, 0.15) is 53.7 Å². The molecule has 8 heteroatoms. The molecule has 1 saturated heterocycles.